The number of carbonyl (C=O) groups excluding carboxylic acids is 2. The van der Waals surface area contributed by atoms with Crippen molar-refractivity contribution < 1.29 is 14.3 Å². The van der Waals surface area contributed by atoms with Crippen LogP contribution >= 0.6 is 0 Å². The van der Waals surface area contributed by atoms with Gasteiger partial charge in [-0.05, 0) is 26.3 Å². The van der Waals surface area contributed by atoms with Crippen LogP contribution in [-0.4, -0.2) is 23.3 Å². The Morgan fingerprint density at radius 2 is 2.07 bits per heavy atom. The number of aryl methyl sites for hydroxylation is 1. The third-order valence-electron chi connectivity index (χ3n) is 2.13. The van der Waals surface area contributed by atoms with E-state index in [9.17, 15) is 9.59 Å². The van der Waals surface area contributed by atoms with Crippen molar-refractivity contribution >= 4 is 11.8 Å². The molecule has 0 saturated heterocycles. The van der Waals surface area contributed by atoms with E-state index in [-0.39, 0.29) is 5.78 Å². The van der Waals surface area contributed by atoms with Crippen LogP contribution in [-0.2, 0) is 11.2 Å². The lowest BCUT2D eigenvalue weighted by atomic mass is 10.1. The number of esters is 1. The van der Waals surface area contributed by atoms with E-state index < -0.39 is 5.97 Å². The van der Waals surface area contributed by atoms with Gasteiger partial charge in [0.2, 0.25) is 0 Å². The van der Waals surface area contributed by atoms with Gasteiger partial charge in [0.15, 0.2) is 5.78 Å². The number of nitrogens with one attached hydrogen (secondary N) is 1. The van der Waals surface area contributed by atoms with Gasteiger partial charge in [-0.2, -0.15) is 0 Å². The van der Waals surface area contributed by atoms with E-state index in [1.54, 1.807) is 13.0 Å². The molecule has 0 aliphatic carbocycles. The van der Waals surface area contributed by atoms with E-state index in [4.69, 9.17) is 4.74 Å². The van der Waals surface area contributed by atoms with Crippen LogP contribution in [0.5, 0.6) is 0 Å². The molecule has 0 saturated carbocycles. The van der Waals surface area contributed by atoms with Crippen molar-refractivity contribution in [1.82, 2.24) is 4.98 Å². The Morgan fingerprint density at radius 1 is 1.40 bits per heavy atom. The number of Topliss-reactive ketones (excluding diaryl/α,β-unsaturated/α-hetero) is 1. The molecule has 0 fully saturated rings. The predicted molar refractivity (Wildman–Crippen MR) is 56.1 cm³/mol. The first-order chi connectivity index (χ1) is 7.10. The van der Waals surface area contributed by atoms with Crippen LogP contribution in [0.1, 0.15) is 47.3 Å². The lowest BCUT2D eigenvalue weighted by Crippen LogP contribution is -2.04. The van der Waals surface area contributed by atoms with Crippen molar-refractivity contribution in [3.8, 4) is 0 Å². The molecule has 0 aliphatic heterocycles. The zero-order valence-electron chi connectivity index (χ0n) is 9.22. The van der Waals surface area contributed by atoms with E-state index >= 15 is 0 Å². The molecule has 82 valence electrons. The van der Waals surface area contributed by atoms with E-state index in [1.165, 1.54) is 6.92 Å². The van der Waals surface area contributed by atoms with Gasteiger partial charge in [0, 0.05) is 11.3 Å². The van der Waals surface area contributed by atoms with E-state index in [2.05, 4.69) is 4.98 Å². The number of H-pyrrole nitrogens is 1. The van der Waals surface area contributed by atoms with Crippen molar-refractivity contribution in [3.63, 3.8) is 0 Å². The Labute approximate surface area is 88.6 Å². The van der Waals surface area contributed by atoms with Gasteiger partial charge in [0.05, 0.1) is 6.61 Å². The summed E-state index contributed by atoms with van der Waals surface area (Å²) < 4.78 is 4.84. The highest BCUT2D eigenvalue weighted by atomic mass is 16.5. The molecule has 0 atom stereocenters. The van der Waals surface area contributed by atoms with Gasteiger partial charge in [-0.25, -0.2) is 4.79 Å². The van der Waals surface area contributed by atoms with Crippen molar-refractivity contribution in [2.45, 2.75) is 27.2 Å². The average Bonchev–Trinajstić information content (AvgIpc) is 2.61. The number of ether oxygens (including phenoxy) is 1. The summed E-state index contributed by atoms with van der Waals surface area (Å²) in [7, 11) is 0. The summed E-state index contributed by atoms with van der Waals surface area (Å²) in [4.78, 5) is 25.5. The Bertz CT molecular complexity index is 379. The second kappa shape index (κ2) is 4.77. The molecule has 4 heteroatoms. The van der Waals surface area contributed by atoms with Crippen LogP contribution in [0.25, 0.3) is 0 Å². The predicted octanol–water partition coefficient (Wildman–Crippen LogP) is 1.96. The third-order valence-corrected chi connectivity index (χ3v) is 2.13. The van der Waals surface area contributed by atoms with Crippen LogP contribution in [0, 0.1) is 0 Å². The summed E-state index contributed by atoms with van der Waals surface area (Å²) in [5.41, 5.74) is 1.70. The number of hydrogen-bond donors (Lipinski definition) is 1. The summed E-state index contributed by atoms with van der Waals surface area (Å²) >= 11 is 0. The first-order valence-electron chi connectivity index (χ1n) is 5.00. The molecule has 1 aromatic heterocycles. The fourth-order valence-electron chi connectivity index (χ4n) is 1.41. The SMILES string of the molecule is CCOC(=O)c1cc(C(C)=O)c(CC)[nH]1. The van der Waals surface area contributed by atoms with Crippen molar-refractivity contribution in [1.29, 1.82) is 0 Å². The molecule has 1 rings (SSSR count). The van der Waals surface area contributed by atoms with Crippen LogP contribution in [0.2, 0.25) is 0 Å². The highest BCUT2D eigenvalue weighted by Gasteiger charge is 2.15. The van der Waals surface area contributed by atoms with E-state index in [0.717, 1.165) is 5.69 Å². The summed E-state index contributed by atoms with van der Waals surface area (Å²) in [5, 5.41) is 0. The minimum atomic E-state index is -0.417. The maximum absolute atomic E-state index is 11.4. The van der Waals surface area contributed by atoms with Crippen molar-refractivity contribution in [2.24, 2.45) is 0 Å². The number of aromatic amines is 1. The molecule has 1 heterocycles. The molecule has 0 spiro atoms. The lowest BCUT2D eigenvalue weighted by molar-refractivity contribution is 0.0520. The topological polar surface area (TPSA) is 59.2 Å². The number of aromatic nitrogens is 1. The van der Waals surface area contributed by atoms with Gasteiger partial charge >= 0.3 is 5.97 Å². The van der Waals surface area contributed by atoms with Gasteiger partial charge in [0.1, 0.15) is 5.69 Å². The minimum Gasteiger partial charge on any atom is -0.461 e. The smallest absolute Gasteiger partial charge is 0.354 e. The number of hydrogen-bond acceptors (Lipinski definition) is 3. The molecule has 1 N–H and O–H groups in total. The number of ketones is 1. The van der Waals surface area contributed by atoms with Gasteiger partial charge in [-0.15, -0.1) is 0 Å². The normalized spacial score (nSPS) is 10.1. The van der Waals surface area contributed by atoms with Gasteiger partial charge in [-0.1, -0.05) is 6.92 Å². The molecular weight excluding hydrogens is 194 g/mol. The highest BCUT2D eigenvalue weighted by molar-refractivity contribution is 5.98. The second-order valence-electron chi connectivity index (χ2n) is 3.21. The monoisotopic (exact) mass is 209 g/mol. The molecule has 0 bridgehead atoms. The minimum absolute atomic E-state index is 0.0429. The Hall–Kier alpha value is -1.58. The largest absolute Gasteiger partial charge is 0.461 e. The molecule has 15 heavy (non-hydrogen) atoms. The number of carbonyl (C=O) groups is 2. The molecule has 1 aromatic rings. The van der Waals surface area contributed by atoms with Gasteiger partial charge in [-0.3, -0.25) is 4.79 Å². The Morgan fingerprint density at radius 3 is 2.47 bits per heavy atom. The molecule has 0 aliphatic rings. The molecule has 4 nitrogen and oxygen atoms in total. The fraction of sp³-hybridized carbons (Fsp3) is 0.455. The molecule has 0 aromatic carbocycles. The zero-order valence-corrected chi connectivity index (χ0v) is 9.22. The highest BCUT2D eigenvalue weighted by Crippen LogP contribution is 2.13. The lowest BCUT2D eigenvalue weighted by Gasteiger charge is -1.97. The van der Waals surface area contributed by atoms with Gasteiger partial charge in [0.25, 0.3) is 0 Å². The average molecular weight is 209 g/mol. The van der Waals surface area contributed by atoms with Crippen molar-refractivity contribution in [3.05, 3.63) is 23.0 Å². The third kappa shape index (κ3) is 2.46. The summed E-state index contributed by atoms with van der Waals surface area (Å²) in [6, 6.07) is 1.55. The van der Waals surface area contributed by atoms with Crippen molar-refractivity contribution in [2.75, 3.05) is 6.61 Å². The van der Waals surface area contributed by atoms with Crippen LogP contribution < -0.4 is 0 Å². The van der Waals surface area contributed by atoms with E-state index in [1.807, 2.05) is 6.92 Å². The fourth-order valence-corrected chi connectivity index (χ4v) is 1.41. The first kappa shape index (κ1) is 11.5. The zero-order chi connectivity index (χ0) is 11.4. The van der Waals surface area contributed by atoms with E-state index in [0.29, 0.717) is 24.3 Å². The van der Waals surface area contributed by atoms with Crippen LogP contribution in [0.15, 0.2) is 6.07 Å². The molecule has 0 unspecified atom stereocenters. The quantitative estimate of drug-likeness (QED) is 0.609. The summed E-state index contributed by atoms with van der Waals surface area (Å²) in [6.45, 7) is 5.48. The second-order valence-corrected chi connectivity index (χ2v) is 3.21. The molecule has 0 amide bonds. The van der Waals surface area contributed by atoms with Gasteiger partial charge < -0.3 is 9.72 Å². The number of rotatable bonds is 4. The standard InChI is InChI=1S/C11H15NO3/c1-4-9-8(7(3)13)6-10(12-9)11(14)15-5-2/h6,12H,4-5H2,1-3H3. The first-order valence-corrected chi connectivity index (χ1v) is 5.00. The van der Waals surface area contributed by atoms with Crippen LogP contribution in [0.3, 0.4) is 0 Å². The van der Waals surface area contributed by atoms with Crippen LogP contribution in [0.4, 0.5) is 0 Å². The Kier molecular flexibility index (Phi) is 3.66. The maximum atomic E-state index is 11.4. The summed E-state index contributed by atoms with van der Waals surface area (Å²) in [5.74, 6) is -0.460. The molecule has 0 radical (unpaired) electrons. The Balaban J connectivity index is 3.02. The maximum Gasteiger partial charge on any atom is 0.354 e. The summed E-state index contributed by atoms with van der Waals surface area (Å²) in [6.07, 6.45) is 0.689. The molecular formula is C11H15NO3.